The van der Waals surface area contributed by atoms with Gasteiger partial charge < -0.3 is 11.1 Å². The molecule has 5 N–H and O–H groups in total. The molecule has 3 aromatic rings. The highest BCUT2D eigenvalue weighted by Crippen LogP contribution is 2.36. The zero-order valence-electron chi connectivity index (χ0n) is 19.0. The second-order valence-electron chi connectivity index (χ2n) is 7.65. The molecule has 37 heavy (non-hydrogen) atoms. The lowest BCUT2D eigenvalue weighted by Crippen LogP contribution is -2.26. The summed E-state index contributed by atoms with van der Waals surface area (Å²) in [5, 5.41) is 7.83. The first-order valence-corrected chi connectivity index (χ1v) is 14.5. The Kier molecular flexibility index (Phi) is 8.49. The van der Waals surface area contributed by atoms with E-state index in [1.165, 1.54) is 48.5 Å². The van der Waals surface area contributed by atoms with E-state index in [2.05, 4.69) is 9.71 Å². The standard InChI is InChI=1S/C22H20ClF3N4O4S3/c1-13-9-20(18(11-16(13)23)35-12-14-5-4-6-15(10-14)22(24,25)26)37(33,34)30-21(27)29-17-7-2-3-8-19(17)36(28,31)32/h2-11H,12H2,1H3,(H3,27,29,30)(H2,28,31,32). The Morgan fingerprint density at radius 3 is 2.35 bits per heavy atom. The van der Waals surface area contributed by atoms with E-state index in [1.807, 2.05) is 0 Å². The van der Waals surface area contributed by atoms with Crippen LogP contribution < -0.4 is 16.2 Å². The molecule has 0 atom stereocenters. The van der Waals surface area contributed by atoms with Crippen LogP contribution in [0.25, 0.3) is 0 Å². The van der Waals surface area contributed by atoms with Crippen molar-refractivity contribution in [3.05, 3.63) is 82.4 Å². The molecule has 3 aromatic carbocycles. The second kappa shape index (κ2) is 10.9. The van der Waals surface area contributed by atoms with Gasteiger partial charge >= 0.3 is 6.18 Å². The maximum Gasteiger partial charge on any atom is 0.416 e. The highest BCUT2D eigenvalue weighted by Gasteiger charge is 2.30. The van der Waals surface area contributed by atoms with Crippen LogP contribution in [-0.2, 0) is 32.0 Å². The van der Waals surface area contributed by atoms with Gasteiger partial charge in [-0.1, -0.05) is 41.9 Å². The molecule has 198 valence electrons. The predicted molar refractivity (Wildman–Crippen MR) is 137 cm³/mol. The molecule has 0 heterocycles. The molecule has 0 aliphatic heterocycles. The summed E-state index contributed by atoms with van der Waals surface area (Å²) in [4.78, 5) is -0.476. The first-order valence-electron chi connectivity index (χ1n) is 10.2. The number of benzene rings is 3. The number of aryl methyl sites for hydroxylation is 1. The number of para-hydroxylation sites is 1. The maximum atomic E-state index is 13.1. The maximum absolute atomic E-state index is 13.1. The van der Waals surface area contributed by atoms with Gasteiger partial charge in [0.25, 0.3) is 10.0 Å². The molecule has 0 spiro atoms. The summed E-state index contributed by atoms with van der Waals surface area (Å²) in [7, 11) is -8.62. The largest absolute Gasteiger partial charge is 0.416 e. The Labute approximate surface area is 221 Å². The first-order chi connectivity index (χ1) is 17.1. The van der Waals surface area contributed by atoms with Gasteiger partial charge in [-0.15, -0.1) is 16.2 Å². The zero-order valence-corrected chi connectivity index (χ0v) is 22.2. The van der Waals surface area contributed by atoms with Gasteiger partial charge in [0.15, 0.2) is 0 Å². The number of halogens is 4. The van der Waals surface area contributed by atoms with Gasteiger partial charge in [0.1, 0.15) is 9.79 Å². The zero-order chi connectivity index (χ0) is 27.6. The molecule has 0 fully saturated rings. The first kappa shape index (κ1) is 28.8. The molecule has 0 saturated carbocycles. The number of thioether (sulfide) groups is 1. The number of guanidine groups is 1. The highest BCUT2D eigenvalue weighted by atomic mass is 35.5. The van der Waals surface area contributed by atoms with Gasteiger partial charge in [-0.2, -0.15) is 21.6 Å². The van der Waals surface area contributed by atoms with Crippen LogP contribution >= 0.6 is 23.4 Å². The summed E-state index contributed by atoms with van der Waals surface area (Å²) in [6.45, 7) is 1.57. The van der Waals surface area contributed by atoms with E-state index in [-0.39, 0.29) is 31.1 Å². The molecular weight excluding hydrogens is 573 g/mol. The molecule has 0 aromatic heterocycles. The summed E-state index contributed by atoms with van der Waals surface area (Å²) >= 11 is 7.13. The van der Waals surface area contributed by atoms with Gasteiger partial charge in [0.2, 0.25) is 16.0 Å². The van der Waals surface area contributed by atoms with Gasteiger partial charge in [-0.3, -0.25) is 0 Å². The molecule has 0 saturated heterocycles. The van der Waals surface area contributed by atoms with Crippen LogP contribution in [0.5, 0.6) is 0 Å². The van der Waals surface area contributed by atoms with E-state index >= 15 is 0 Å². The Balaban J connectivity index is 1.94. The van der Waals surface area contributed by atoms with Crippen molar-refractivity contribution in [2.45, 2.75) is 33.5 Å². The summed E-state index contributed by atoms with van der Waals surface area (Å²) in [5.41, 5.74) is 5.56. The van der Waals surface area contributed by atoms with E-state index in [0.29, 0.717) is 11.1 Å². The average molecular weight is 593 g/mol. The Morgan fingerprint density at radius 1 is 1.03 bits per heavy atom. The number of hydrogen-bond acceptors (Lipinski definition) is 5. The van der Waals surface area contributed by atoms with Crippen LogP contribution in [0.15, 0.2) is 79.7 Å². The Bertz CT molecular complexity index is 1580. The summed E-state index contributed by atoms with van der Waals surface area (Å²) in [5.74, 6) is -0.636. The SMILES string of the molecule is Cc1cc(S(=O)(=O)N=C(N)Nc2ccccc2S(N)(=O)=O)c(SCc2cccc(C(F)(F)F)c2)cc1Cl. The molecule has 15 heteroatoms. The number of anilines is 1. The van der Waals surface area contributed by atoms with Crippen molar-refractivity contribution < 1.29 is 30.0 Å². The number of alkyl halides is 3. The van der Waals surface area contributed by atoms with E-state index in [1.54, 1.807) is 6.92 Å². The van der Waals surface area contributed by atoms with Crippen molar-refractivity contribution in [1.29, 1.82) is 0 Å². The summed E-state index contributed by atoms with van der Waals surface area (Å²) in [6.07, 6.45) is -4.52. The van der Waals surface area contributed by atoms with Crippen LogP contribution in [-0.4, -0.2) is 22.8 Å². The minimum Gasteiger partial charge on any atom is -0.369 e. The Hall–Kier alpha value is -2.78. The van der Waals surface area contributed by atoms with Gasteiger partial charge in [0, 0.05) is 15.7 Å². The van der Waals surface area contributed by atoms with Gasteiger partial charge in [-0.25, -0.2) is 13.6 Å². The number of nitrogens with two attached hydrogens (primary N) is 2. The fourth-order valence-electron chi connectivity index (χ4n) is 3.11. The lowest BCUT2D eigenvalue weighted by molar-refractivity contribution is -0.137. The number of nitrogens with zero attached hydrogens (tertiary/aromatic N) is 1. The minimum atomic E-state index is -4.52. The number of nitrogens with one attached hydrogen (secondary N) is 1. The lowest BCUT2D eigenvalue weighted by Gasteiger charge is -2.13. The molecule has 8 nitrogen and oxygen atoms in total. The van der Waals surface area contributed by atoms with Crippen LogP contribution in [0.2, 0.25) is 5.02 Å². The third-order valence-electron chi connectivity index (χ3n) is 4.83. The third-order valence-corrected chi connectivity index (χ3v) is 8.79. The minimum absolute atomic E-state index is 0.00497. The monoisotopic (exact) mass is 592 g/mol. The average Bonchev–Trinajstić information content (AvgIpc) is 2.78. The number of primary sulfonamides is 1. The molecule has 0 bridgehead atoms. The van der Waals surface area contributed by atoms with Gasteiger partial charge in [0.05, 0.1) is 11.3 Å². The Morgan fingerprint density at radius 2 is 1.70 bits per heavy atom. The molecule has 0 radical (unpaired) electrons. The molecular formula is C22H20ClF3N4O4S3. The quantitative estimate of drug-likeness (QED) is 0.204. The van der Waals surface area contributed by atoms with Crippen molar-refractivity contribution in [3.8, 4) is 0 Å². The molecule has 0 aliphatic rings. The smallest absolute Gasteiger partial charge is 0.369 e. The molecule has 0 amide bonds. The number of sulfonamides is 2. The highest BCUT2D eigenvalue weighted by molar-refractivity contribution is 7.99. The van der Waals surface area contributed by atoms with E-state index < -0.39 is 37.7 Å². The summed E-state index contributed by atoms with van der Waals surface area (Å²) in [6, 6.07) is 12.7. The molecule has 3 rings (SSSR count). The fraction of sp³-hybridized carbons (Fsp3) is 0.136. The van der Waals surface area contributed by atoms with E-state index in [9.17, 15) is 30.0 Å². The predicted octanol–water partition coefficient (Wildman–Crippen LogP) is 4.72. The van der Waals surface area contributed by atoms with Crippen LogP contribution in [0, 0.1) is 6.92 Å². The van der Waals surface area contributed by atoms with Crippen LogP contribution in [0.3, 0.4) is 0 Å². The normalized spacial score (nSPS) is 13.0. The van der Waals surface area contributed by atoms with Crippen molar-refractivity contribution >= 4 is 55.1 Å². The van der Waals surface area contributed by atoms with Crippen LogP contribution in [0.4, 0.5) is 18.9 Å². The van der Waals surface area contributed by atoms with Crippen molar-refractivity contribution in [3.63, 3.8) is 0 Å². The second-order valence-corrected chi connectivity index (χ2v) is 12.2. The number of hydrogen-bond donors (Lipinski definition) is 3. The fourth-order valence-corrected chi connectivity index (χ4v) is 6.47. The number of rotatable bonds is 7. The van der Waals surface area contributed by atoms with E-state index in [4.69, 9.17) is 22.5 Å². The van der Waals surface area contributed by atoms with E-state index in [0.717, 1.165) is 23.9 Å². The van der Waals surface area contributed by atoms with Crippen molar-refractivity contribution in [1.82, 2.24) is 0 Å². The van der Waals surface area contributed by atoms with Crippen molar-refractivity contribution in [2.24, 2.45) is 15.3 Å². The van der Waals surface area contributed by atoms with Crippen molar-refractivity contribution in [2.75, 3.05) is 5.32 Å². The van der Waals surface area contributed by atoms with Gasteiger partial charge in [-0.05, 0) is 48.4 Å². The lowest BCUT2D eigenvalue weighted by atomic mass is 10.1. The topological polar surface area (TPSA) is 145 Å². The third kappa shape index (κ3) is 7.38. The summed E-state index contributed by atoms with van der Waals surface area (Å²) < 4.78 is 92.5. The van der Waals surface area contributed by atoms with Crippen LogP contribution in [0.1, 0.15) is 16.7 Å². The molecule has 0 unspecified atom stereocenters. The molecule has 0 aliphatic carbocycles.